The van der Waals surface area contributed by atoms with Crippen LogP contribution in [0.3, 0.4) is 0 Å². The molecule has 1 aromatic heterocycles. The Labute approximate surface area is 206 Å². The van der Waals surface area contributed by atoms with Gasteiger partial charge in [0, 0.05) is 12.6 Å². The predicted octanol–water partition coefficient (Wildman–Crippen LogP) is 5.15. The van der Waals surface area contributed by atoms with Crippen LogP contribution in [0.2, 0.25) is 0 Å². The number of alkyl halides is 1. The summed E-state index contributed by atoms with van der Waals surface area (Å²) in [6.45, 7) is 5.93. The average molecular weight is 474 g/mol. The van der Waals surface area contributed by atoms with Crippen molar-refractivity contribution in [3.05, 3.63) is 101 Å². The summed E-state index contributed by atoms with van der Waals surface area (Å²) in [6.07, 6.45) is 0.367. The monoisotopic (exact) mass is 473 g/mol. The number of amides is 2. The highest BCUT2D eigenvalue weighted by atomic mass is 19.1. The second-order valence-electron chi connectivity index (χ2n) is 9.49. The fraction of sp³-hybridized carbons (Fsp3) is 0.345. The summed E-state index contributed by atoms with van der Waals surface area (Å²) in [6, 6.07) is 22.0. The Balaban J connectivity index is 1.58. The van der Waals surface area contributed by atoms with Gasteiger partial charge in [-0.1, -0.05) is 74.5 Å². The van der Waals surface area contributed by atoms with Crippen molar-refractivity contribution in [2.75, 3.05) is 6.54 Å². The second-order valence-corrected chi connectivity index (χ2v) is 9.49. The Kier molecular flexibility index (Phi) is 7.59. The Morgan fingerprint density at radius 2 is 1.54 bits per heavy atom. The highest BCUT2D eigenvalue weighted by molar-refractivity contribution is 5.91. The van der Waals surface area contributed by atoms with E-state index in [-0.39, 0.29) is 24.8 Å². The van der Waals surface area contributed by atoms with Crippen LogP contribution < -0.4 is 5.32 Å². The molecule has 2 amide bonds. The van der Waals surface area contributed by atoms with Gasteiger partial charge in [-0.25, -0.2) is 4.39 Å². The lowest BCUT2D eigenvalue weighted by Gasteiger charge is -2.28. The molecule has 0 spiro atoms. The molecule has 0 bridgehead atoms. The Morgan fingerprint density at radius 1 is 0.914 bits per heavy atom. The smallest absolute Gasteiger partial charge is 0.243 e. The first-order valence-corrected chi connectivity index (χ1v) is 12.2. The van der Waals surface area contributed by atoms with E-state index in [1.165, 1.54) is 10.5 Å². The first-order chi connectivity index (χ1) is 16.8. The van der Waals surface area contributed by atoms with Crippen molar-refractivity contribution in [2.24, 2.45) is 0 Å². The molecule has 5 nitrogen and oxygen atoms in total. The second kappa shape index (κ2) is 10.8. The molecule has 0 saturated carbocycles. The molecule has 2 heterocycles. The minimum atomic E-state index is -1.24. The van der Waals surface area contributed by atoms with Gasteiger partial charge < -0.3 is 10.2 Å². The van der Waals surface area contributed by atoms with Gasteiger partial charge in [0.05, 0.1) is 24.2 Å². The van der Waals surface area contributed by atoms with Gasteiger partial charge in [0.1, 0.15) is 12.2 Å². The number of nitrogens with zero attached hydrogens (tertiary/aromatic N) is 2. The van der Waals surface area contributed by atoms with Crippen LogP contribution in [0, 0.1) is 0 Å². The van der Waals surface area contributed by atoms with Crippen LogP contribution in [0.1, 0.15) is 67.5 Å². The number of halogens is 1. The molecule has 4 rings (SSSR count). The molecule has 182 valence electrons. The molecule has 1 unspecified atom stereocenters. The van der Waals surface area contributed by atoms with Crippen LogP contribution in [-0.4, -0.2) is 40.5 Å². The molecule has 1 aliphatic rings. The van der Waals surface area contributed by atoms with E-state index in [2.05, 4.69) is 36.3 Å². The molecule has 6 heteroatoms. The summed E-state index contributed by atoms with van der Waals surface area (Å²) < 4.78 is 14.5. The number of nitrogens with one attached hydrogen (secondary N) is 1. The SMILES string of the molecule is CC(C)c1ccc([C@@H](NC(=O)[C@@H]2C[C@@H](F)CN2C(=O)C(C)c2ccccn2)c2ccccc2)cc1. The highest BCUT2D eigenvalue weighted by Crippen LogP contribution is 2.29. The van der Waals surface area contributed by atoms with Crippen LogP contribution in [-0.2, 0) is 9.59 Å². The van der Waals surface area contributed by atoms with Gasteiger partial charge in [0.25, 0.3) is 0 Å². The van der Waals surface area contributed by atoms with Crippen molar-refractivity contribution >= 4 is 11.8 Å². The van der Waals surface area contributed by atoms with Gasteiger partial charge >= 0.3 is 0 Å². The van der Waals surface area contributed by atoms with Gasteiger partial charge in [-0.3, -0.25) is 14.6 Å². The molecule has 2 aromatic carbocycles. The summed E-state index contributed by atoms with van der Waals surface area (Å²) in [5.74, 6) is -0.810. The number of likely N-dealkylation sites (tertiary alicyclic amines) is 1. The van der Waals surface area contributed by atoms with E-state index in [0.717, 1.165) is 11.1 Å². The van der Waals surface area contributed by atoms with Crippen molar-refractivity contribution in [1.29, 1.82) is 0 Å². The van der Waals surface area contributed by atoms with E-state index in [9.17, 15) is 14.0 Å². The fourth-order valence-electron chi connectivity index (χ4n) is 4.60. The lowest BCUT2D eigenvalue weighted by Crippen LogP contribution is -2.48. The molecule has 35 heavy (non-hydrogen) atoms. The third kappa shape index (κ3) is 5.59. The Hall–Kier alpha value is -3.54. The quantitative estimate of drug-likeness (QED) is 0.516. The fourth-order valence-corrected chi connectivity index (χ4v) is 4.60. The molecule has 4 atom stereocenters. The maximum absolute atomic E-state index is 14.5. The summed E-state index contributed by atoms with van der Waals surface area (Å²) in [5, 5.41) is 3.11. The minimum absolute atomic E-state index is 0.0136. The zero-order valence-corrected chi connectivity index (χ0v) is 20.4. The summed E-state index contributed by atoms with van der Waals surface area (Å²) >= 11 is 0. The van der Waals surface area contributed by atoms with Gasteiger partial charge in [0.15, 0.2) is 0 Å². The molecule has 0 radical (unpaired) electrons. The summed E-state index contributed by atoms with van der Waals surface area (Å²) in [5.41, 5.74) is 3.67. The maximum Gasteiger partial charge on any atom is 0.243 e. The van der Waals surface area contributed by atoms with E-state index in [1.807, 2.05) is 48.5 Å². The topological polar surface area (TPSA) is 62.3 Å². The average Bonchev–Trinajstić information content (AvgIpc) is 3.29. The van der Waals surface area contributed by atoms with Crippen LogP contribution in [0.15, 0.2) is 79.0 Å². The zero-order valence-electron chi connectivity index (χ0n) is 20.4. The van der Waals surface area contributed by atoms with Gasteiger partial charge in [-0.15, -0.1) is 0 Å². The van der Waals surface area contributed by atoms with Crippen LogP contribution in [0.5, 0.6) is 0 Å². The molecule has 1 saturated heterocycles. The van der Waals surface area contributed by atoms with Crippen LogP contribution in [0.25, 0.3) is 0 Å². The number of benzene rings is 2. The molecular weight excluding hydrogens is 441 g/mol. The molecule has 3 aromatic rings. The Bertz CT molecular complexity index is 1140. The highest BCUT2D eigenvalue weighted by Gasteiger charge is 2.42. The van der Waals surface area contributed by atoms with E-state index >= 15 is 0 Å². The molecule has 0 aliphatic carbocycles. The lowest BCUT2D eigenvalue weighted by molar-refractivity contribution is -0.139. The minimum Gasteiger partial charge on any atom is -0.343 e. The number of carbonyl (C=O) groups excluding carboxylic acids is 2. The zero-order chi connectivity index (χ0) is 24.9. The molecule has 1 N–H and O–H groups in total. The van der Waals surface area contributed by atoms with Gasteiger partial charge in [0.2, 0.25) is 11.8 Å². The van der Waals surface area contributed by atoms with Gasteiger partial charge in [-0.2, -0.15) is 0 Å². The maximum atomic E-state index is 14.5. The third-order valence-electron chi connectivity index (χ3n) is 6.69. The summed E-state index contributed by atoms with van der Waals surface area (Å²) in [7, 11) is 0. The first-order valence-electron chi connectivity index (χ1n) is 12.2. The largest absolute Gasteiger partial charge is 0.343 e. The lowest BCUT2D eigenvalue weighted by atomic mass is 9.95. The predicted molar refractivity (Wildman–Crippen MR) is 135 cm³/mol. The Morgan fingerprint density at radius 3 is 2.17 bits per heavy atom. The number of hydrogen-bond donors (Lipinski definition) is 1. The van der Waals surface area contributed by atoms with Crippen molar-refractivity contribution < 1.29 is 14.0 Å². The number of rotatable bonds is 7. The van der Waals surface area contributed by atoms with E-state index in [0.29, 0.717) is 11.6 Å². The molecular formula is C29H32FN3O2. The van der Waals surface area contributed by atoms with Crippen LogP contribution >= 0.6 is 0 Å². The number of hydrogen-bond acceptors (Lipinski definition) is 3. The van der Waals surface area contributed by atoms with Crippen molar-refractivity contribution in [1.82, 2.24) is 15.2 Å². The van der Waals surface area contributed by atoms with Crippen molar-refractivity contribution in [3.63, 3.8) is 0 Å². The number of pyridine rings is 1. The first kappa shape index (κ1) is 24.6. The van der Waals surface area contributed by atoms with Crippen molar-refractivity contribution in [3.8, 4) is 0 Å². The normalized spacial score (nSPS) is 19.4. The molecule has 1 aliphatic heterocycles. The van der Waals surface area contributed by atoms with E-state index < -0.39 is 24.2 Å². The van der Waals surface area contributed by atoms with Crippen molar-refractivity contribution in [2.45, 2.75) is 57.3 Å². The molecule has 1 fully saturated rings. The third-order valence-corrected chi connectivity index (χ3v) is 6.69. The number of carbonyl (C=O) groups is 2. The summed E-state index contributed by atoms with van der Waals surface area (Å²) in [4.78, 5) is 32.4. The van der Waals surface area contributed by atoms with E-state index in [1.54, 1.807) is 25.3 Å². The number of aromatic nitrogens is 1. The van der Waals surface area contributed by atoms with Gasteiger partial charge in [-0.05, 0) is 41.7 Å². The van der Waals surface area contributed by atoms with E-state index in [4.69, 9.17) is 0 Å². The standard InChI is InChI=1S/C29H32FN3O2/c1-19(2)21-12-14-23(15-13-21)27(22-9-5-4-6-10-22)32-28(34)26-17-24(30)18-33(26)29(35)20(3)25-11-7-8-16-31-25/h4-16,19-20,24,26-27H,17-18H2,1-3H3,(H,32,34)/t20?,24-,26+,27+/m1/s1. The van der Waals surface area contributed by atoms with Crippen LogP contribution in [0.4, 0.5) is 4.39 Å².